The highest BCUT2D eigenvalue weighted by molar-refractivity contribution is 5.66. The summed E-state index contributed by atoms with van der Waals surface area (Å²) in [5, 5.41) is 0. The van der Waals surface area contributed by atoms with Gasteiger partial charge < -0.3 is 4.74 Å². The third-order valence-electron chi connectivity index (χ3n) is 13.4. The van der Waals surface area contributed by atoms with E-state index < -0.39 is 0 Å². The molecular weight excluding hydrogens is 416 g/mol. The van der Waals surface area contributed by atoms with Gasteiger partial charge in [-0.05, 0) is 109 Å². The van der Waals surface area contributed by atoms with Crippen LogP contribution in [0.2, 0.25) is 0 Å². The molecule has 4 fully saturated rings. The van der Waals surface area contributed by atoms with Crippen LogP contribution in [-0.4, -0.2) is 12.1 Å². The molecule has 9 atom stereocenters. The molecule has 34 heavy (non-hydrogen) atoms. The lowest BCUT2D eigenvalue weighted by molar-refractivity contribution is -0.210. The number of carbonyl (C=O) groups is 1. The van der Waals surface area contributed by atoms with E-state index in [1.165, 1.54) is 51.4 Å². The topological polar surface area (TPSA) is 26.3 Å². The van der Waals surface area contributed by atoms with Crippen molar-refractivity contribution in [2.24, 2.45) is 56.7 Å². The Bertz CT molecular complexity index is 883. The summed E-state index contributed by atoms with van der Waals surface area (Å²) in [5.41, 5.74) is 3.48. The number of hydrogen-bond acceptors (Lipinski definition) is 2. The minimum Gasteiger partial charge on any atom is -0.462 e. The fourth-order valence-corrected chi connectivity index (χ4v) is 11.3. The highest BCUT2D eigenvalue weighted by Gasteiger charge is 2.68. The number of allylic oxidation sites excluding steroid dienone is 2. The molecular formula is C32H52O2. The van der Waals surface area contributed by atoms with E-state index in [1.807, 2.05) is 5.57 Å². The summed E-state index contributed by atoms with van der Waals surface area (Å²) in [6.45, 7) is 22.0. The molecule has 2 heteroatoms. The Hall–Kier alpha value is -0.790. The van der Waals surface area contributed by atoms with Gasteiger partial charge in [0.2, 0.25) is 0 Å². The maximum absolute atomic E-state index is 11.9. The summed E-state index contributed by atoms with van der Waals surface area (Å²) in [4.78, 5) is 11.9. The zero-order valence-corrected chi connectivity index (χ0v) is 23.7. The van der Waals surface area contributed by atoms with E-state index in [2.05, 4.69) is 61.5 Å². The fourth-order valence-electron chi connectivity index (χ4n) is 11.3. The number of carbonyl (C=O) groups excluding carboxylic acids is 1. The standard InChI is InChI=1S/C32H52O2/c1-20(2)22-12-15-29(6)18-19-31(8)23(27(22)29)10-11-25-30(7)16-14-26(34-21(3)33)28(4,5)24(30)13-17-32(25,31)9/h10,20,22,24-27H,11-19H2,1-9H3/t22-,24+,25-,26+,27+,29-,30+,31-,32-/m1/s1. The normalized spacial score (nSPS) is 51.6. The number of hydrogen-bond donors (Lipinski definition) is 0. The van der Waals surface area contributed by atoms with Crippen LogP contribution in [0, 0.1) is 56.7 Å². The lowest BCUT2D eigenvalue weighted by atomic mass is 9.34. The molecule has 0 aromatic heterocycles. The van der Waals surface area contributed by atoms with E-state index in [-0.39, 0.29) is 17.5 Å². The Morgan fingerprint density at radius 1 is 0.912 bits per heavy atom. The summed E-state index contributed by atoms with van der Waals surface area (Å²) in [6.07, 6.45) is 14.6. The van der Waals surface area contributed by atoms with Crippen molar-refractivity contribution in [3.63, 3.8) is 0 Å². The van der Waals surface area contributed by atoms with Crippen molar-refractivity contribution in [3.8, 4) is 0 Å². The second-order valence-electron chi connectivity index (χ2n) is 15.3. The number of esters is 1. The Kier molecular flexibility index (Phi) is 5.57. The molecule has 4 saturated carbocycles. The van der Waals surface area contributed by atoms with Gasteiger partial charge in [-0.1, -0.05) is 67.0 Å². The average molecular weight is 469 g/mol. The van der Waals surface area contributed by atoms with E-state index in [0.717, 1.165) is 30.1 Å². The average Bonchev–Trinajstić information content (AvgIpc) is 3.08. The van der Waals surface area contributed by atoms with Crippen LogP contribution in [0.5, 0.6) is 0 Å². The van der Waals surface area contributed by atoms with E-state index in [0.29, 0.717) is 27.6 Å². The molecule has 0 aliphatic heterocycles. The van der Waals surface area contributed by atoms with Crippen molar-refractivity contribution in [3.05, 3.63) is 11.6 Å². The summed E-state index contributed by atoms with van der Waals surface area (Å²) in [6, 6.07) is 0. The van der Waals surface area contributed by atoms with Crippen LogP contribution >= 0.6 is 0 Å². The number of fused-ring (bicyclic) bond motifs is 7. The van der Waals surface area contributed by atoms with Gasteiger partial charge in [0.05, 0.1) is 0 Å². The smallest absolute Gasteiger partial charge is 0.302 e. The Morgan fingerprint density at radius 3 is 2.26 bits per heavy atom. The van der Waals surface area contributed by atoms with Crippen LogP contribution in [0.15, 0.2) is 11.6 Å². The first kappa shape index (κ1) is 24.9. The van der Waals surface area contributed by atoms with E-state index >= 15 is 0 Å². The lowest BCUT2D eigenvalue weighted by Crippen LogP contribution is -2.64. The van der Waals surface area contributed by atoms with Gasteiger partial charge in [-0.25, -0.2) is 0 Å². The molecule has 0 unspecified atom stereocenters. The van der Waals surface area contributed by atoms with Gasteiger partial charge in [0.25, 0.3) is 0 Å². The third kappa shape index (κ3) is 3.08. The van der Waals surface area contributed by atoms with Gasteiger partial charge in [0.1, 0.15) is 6.10 Å². The summed E-state index contributed by atoms with van der Waals surface area (Å²) in [7, 11) is 0. The fraction of sp³-hybridized carbons (Fsp3) is 0.906. The van der Waals surface area contributed by atoms with Crippen molar-refractivity contribution in [2.45, 2.75) is 126 Å². The Balaban J connectivity index is 1.54. The zero-order valence-electron chi connectivity index (χ0n) is 23.7. The van der Waals surface area contributed by atoms with Gasteiger partial charge in [-0.3, -0.25) is 4.79 Å². The van der Waals surface area contributed by atoms with Crippen molar-refractivity contribution < 1.29 is 9.53 Å². The maximum Gasteiger partial charge on any atom is 0.302 e. The van der Waals surface area contributed by atoms with E-state index in [4.69, 9.17) is 4.74 Å². The maximum atomic E-state index is 11.9. The Labute approximate surface area is 210 Å². The molecule has 0 heterocycles. The molecule has 0 saturated heterocycles. The molecule has 192 valence electrons. The minimum atomic E-state index is -0.110. The molecule has 5 aliphatic rings. The molecule has 5 aliphatic carbocycles. The summed E-state index contributed by atoms with van der Waals surface area (Å²) >= 11 is 0. The first-order valence-electron chi connectivity index (χ1n) is 14.6. The second-order valence-corrected chi connectivity index (χ2v) is 15.3. The van der Waals surface area contributed by atoms with Gasteiger partial charge in [-0.15, -0.1) is 0 Å². The van der Waals surface area contributed by atoms with Crippen LogP contribution in [0.4, 0.5) is 0 Å². The Morgan fingerprint density at radius 2 is 1.62 bits per heavy atom. The molecule has 0 radical (unpaired) electrons. The quantitative estimate of drug-likeness (QED) is 0.299. The predicted molar refractivity (Wildman–Crippen MR) is 140 cm³/mol. The summed E-state index contributed by atoms with van der Waals surface area (Å²) in [5.74, 6) is 3.69. The summed E-state index contributed by atoms with van der Waals surface area (Å²) < 4.78 is 5.91. The lowest BCUT2D eigenvalue weighted by Gasteiger charge is -2.70. The second kappa shape index (κ2) is 7.61. The zero-order chi connectivity index (χ0) is 24.9. The minimum absolute atomic E-state index is 0.0459. The van der Waals surface area contributed by atoms with Crippen LogP contribution in [-0.2, 0) is 9.53 Å². The van der Waals surface area contributed by atoms with E-state index in [1.54, 1.807) is 6.92 Å². The molecule has 0 aromatic rings. The first-order chi connectivity index (χ1) is 15.7. The van der Waals surface area contributed by atoms with Crippen LogP contribution < -0.4 is 0 Å². The third-order valence-corrected chi connectivity index (χ3v) is 13.4. The van der Waals surface area contributed by atoms with Crippen LogP contribution in [0.3, 0.4) is 0 Å². The van der Waals surface area contributed by atoms with Crippen LogP contribution in [0.25, 0.3) is 0 Å². The van der Waals surface area contributed by atoms with Crippen molar-refractivity contribution in [1.82, 2.24) is 0 Å². The monoisotopic (exact) mass is 468 g/mol. The molecule has 0 spiro atoms. The highest BCUT2D eigenvalue weighted by atomic mass is 16.5. The number of rotatable bonds is 2. The largest absolute Gasteiger partial charge is 0.462 e. The van der Waals surface area contributed by atoms with Gasteiger partial charge in [-0.2, -0.15) is 0 Å². The first-order valence-corrected chi connectivity index (χ1v) is 14.6. The molecule has 0 bridgehead atoms. The highest BCUT2D eigenvalue weighted by Crippen LogP contribution is 2.76. The van der Waals surface area contributed by atoms with Crippen LogP contribution in [0.1, 0.15) is 120 Å². The van der Waals surface area contributed by atoms with E-state index in [9.17, 15) is 4.79 Å². The molecule has 0 N–H and O–H groups in total. The van der Waals surface area contributed by atoms with Gasteiger partial charge in [0.15, 0.2) is 0 Å². The molecule has 2 nitrogen and oxygen atoms in total. The van der Waals surface area contributed by atoms with Crippen molar-refractivity contribution >= 4 is 5.97 Å². The van der Waals surface area contributed by atoms with Crippen molar-refractivity contribution in [1.29, 1.82) is 0 Å². The van der Waals surface area contributed by atoms with Gasteiger partial charge >= 0.3 is 5.97 Å². The predicted octanol–water partition coefficient (Wildman–Crippen LogP) is 8.60. The number of ether oxygens (including phenoxy) is 1. The molecule has 5 rings (SSSR count). The molecule has 0 aromatic carbocycles. The van der Waals surface area contributed by atoms with Gasteiger partial charge in [0, 0.05) is 12.3 Å². The molecule has 0 amide bonds. The SMILES string of the molecule is CC(=O)O[C@H]1CC[C@]2(C)[C@H]3CC=C4[C@@H]5[C@@H](C(C)C)CC[C@]5(C)CC[C@@]4(C)[C@]3(C)CC[C@H]2C1(C)C. The van der Waals surface area contributed by atoms with Crippen molar-refractivity contribution in [2.75, 3.05) is 0 Å².